The molecule has 1 N–H and O–H groups in total. The molecule has 4 nitrogen and oxygen atoms in total. The number of hydrogen-bond acceptors (Lipinski definition) is 3. The topological polar surface area (TPSA) is 50.7 Å². The molecule has 1 amide bonds. The molecule has 2 aliphatic rings. The van der Waals surface area contributed by atoms with Gasteiger partial charge in [-0.05, 0) is 79.8 Å². The molecule has 2 aromatic carbocycles. The monoisotopic (exact) mass is 552 g/mol. The molecule has 3 atom stereocenters. The highest BCUT2D eigenvalue weighted by Gasteiger charge is 2.64. The van der Waals surface area contributed by atoms with E-state index in [1.165, 1.54) is 12.8 Å². The molecule has 4 rings (SSSR count). The number of benzene rings is 2. The number of rotatable bonds is 6. The lowest BCUT2D eigenvalue weighted by Crippen LogP contribution is -2.22. The first-order chi connectivity index (χ1) is 14.4. The third kappa shape index (κ3) is 4.46. The van der Waals surface area contributed by atoms with E-state index in [-0.39, 0.29) is 17.2 Å². The number of fused-ring (bicyclic) bond motifs is 1. The largest absolute Gasteiger partial charge is 0.486 e. The molecule has 30 heavy (non-hydrogen) atoms. The summed E-state index contributed by atoms with van der Waals surface area (Å²) in [4.78, 5) is 12.5. The smallest absolute Gasteiger partial charge is 0.244 e. The maximum absolute atomic E-state index is 12.5. The zero-order valence-electron chi connectivity index (χ0n) is 16.6. The van der Waals surface area contributed by atoms with E-state index in [1.54, 1.807) is 6.21 Å². The predicted molar refractivity (Wildman–Crippen MR) is 127 cm³/mol. The first-order valence-corrected chi connectivity index (χ1v) is 12.0. The van der Waals surface area contributed by atoms with E-state index in [1.807, 2.05) is 36.4 Å². The van der Waals surface area contributed by atoms with Gasteiger partial charge in [-0.3, -0.25) is 4.79 Å². The average molecular weight is 555 g/mol. The molecule has 158 valence electrons. The average Bonchev–Trinajstić information content (AvgIpc) is 3.34. The van der Waals surface area contributed by atoms with Gasteiger partial charge in [-0.25, -0.2) is 5.43 Å². The van der Waals surface area contributed by atoms with Gasteiger partial charge in [-0.2, -0.15) is 5.10 Å². The lowest BCUT2D eigenvalue weighted by atomic mass is 9.90. The maximum atomic E-state index is 12.5. The molecule has 2 saturated carbocycles. The molecule has 7 heteroatoms. The van der Waals surface area contributed by atoms with E-state index >= 15 is 0 Å². The van der Waals surface area contributed by atoms with E-state index in [9.17, 15) is 4.79 Å². The maximum Gasteiger partial charge on any atom is 0.244 e. The Morgan fingerprint density at radius 3 is 2.70 bits per heavy atom. The van der Waals surface area contributed by atoms with Crippen molar-refractivity contribution in [2.24, 2.45) is 22.4 Å². The van der Waals surface area contributed by atoms with Crippen LogP contribution in [0.4, 0.5) is 0 Å². The Kier molecular flexibility index (Phi) is 6.56. The molecule has 0 spiro atoms. The van der Waals surface area contributed by atoms with E-state index in [4.69, 9.17) is 16.3 Å². The summed E-state index contributed by atoms with van der Waals surface area (Å²) >= 11 is 13.3. The van der Waals surface area contributed by atoms with Gasteiger partial charge in [0.2, 0.25) is 5.91 Å². The minimum Gasteiger partial charge on any atom is -0.486 e. The van der Waals surface area contributed by atoms with Gasteiger partial charge in [-0.1, -0.05) is 49.6 Å². The van der Waals surface area contributed by atoms with Crippen molar-refractivity contribution < 1.29 is 9.53 Å². The molecular weight excluding hydrogens is 532 g/mol. The van der Waals surface area contributed by atoms with Crippen LogP contribution in [-0.2, 0) is 11.4 Å². The van der Waals surface area contributed by atoms with Crippen LogP contribution < -0.4 is 10.2 Å². The minimum atomic E-state index is 0.0403. The van der Waals surface area contributed by atoms with Gasteiger partial charge in [0, 0.05) is 16.5 Å². The number of nitrogens with zero attached hydrogens (tertiary/aromatic N) is 1. The van der Waals surface area contributed by atoms with Crippen LogP contribution in [0.25, 0.3) is 0 Å². The van der Waals surface area contributed by atoms with Gasteiger partial charge in [0.05, 0.1) is 15.2 Å². The fraction of sp³-hybridized carbons (Fsp3) is 0.391. The molecule has 2 aliphatic carbocycles. The van der Waals surface area contributed by atoms with E-state index in [0.29, 0.717) is 23.3 Å². The Morgan fingerprint density at radius 2 is 2.03 bits per heavy atom. The highest BCUT2D eigenvalue weighted by Crippen LogP contribution is 2.66. The Bertz CT molecular complexity index is 974. The summed E-state index contributed by atoms with van der Waals surface area (Å²) in [5.41, 5.74) is 4.68. The van der Waals surface area contributed by atoms with Gasteiger partial charge < -0.3 is 4.74 Å². The Labute approximate surface area is 198 Å². The number of ether oxygens (including phenoxy) is 1. The molecule has 0 aliphatic heterocycles. The third-order valence-electron chi connectivity index (χ3n) is 6.35. The van der Waals surface area contributed by atoms with Gasteiger partial charge in [0.15, 0.2) is 0 Å². The molecule has 0 radical (unpaired) electrons. The van der Waals surface area contributed by atoms with Crippen molar-refractivity contribution in [3.63, 3.8) is 0 Å². The number of amides is 1. The van der Waals surface area contributed by atoms with Crippen LogP contribution in [0.15, 0.2) is 50.4 Å². The number of carbonyl (C=O) groups is 1. The number of carbonyl (C=O) groups excluding carboxylic acids is 1. The number of nitrogens with one attached hydrogen (secondary N) is 1. The van der Waals surface area contributed by atoms with Crippen LogP contribution in [0.3, 0.4) is 0 Å². The van der Waals surface area contributed by atoms with Crippen molar-refractivity contribution in [1.29, 1.82) is 0 Å². The van der Waals surface area contributed by atoms with Crippen LogP contribution >= 0.6 is 43.5 Å². The first-order valence-electron chi connectivity index (χ1n) is 10.1. The van der Waals surface area contributed by atoms with Crippen molar-refractivity contribution >= 4 is 55.6 Å². The fourth-order valence-corrected chi connectivity index (χ4v) is 6.29. The van der Waals surface area contributed by atoms with Crippen LogP contribution in [0, 0.1) is 17.3 Å². The van der Waals surface area contributed by atoms with Gasteiger partial charge in [-0.15, -0.1) is 0 Å². The van der Waals surface area contributed by atoms with Crippen LogP contribution in [0.5, 0.6) is 5.75 Å². The summed E-state index contributed by atoms with van der Waals surface area (Å²) in [6.45, 7) is 2.60. The van der Waals surface area contributed by atoms with Crippen molar-refractivity contribution in [1.82, 2.24) is 5.43 Å². The van der Waals surface area contributed by atoms with Crippen molar-refractivity contribution in [3.05, 3.63) is 61.5 Å². The van der Waals surface area contributed by atoms with Crippen molar-refractivity contribution in [2.45, 2.75) is 39.2 Å². The van der Waals surface area contributed by atoms with Crippen LogP contribution in [-0.4, -0.2) is 12.1 Å². The van der Waals surface area contributed by atoms with Gasteiger partial charge >= 0.3 is 0 Å². The number of hydrogen-bond donors (Lipinski definition) is 1. The van der Waals surface area contributed by atoms with E-state index in [2.05, 4.69) is 49.3 Å². The van der Waals surface area contributed by atoms with E-state index < -0.39 is 0 Å². The molecule has 0 unspecified atom stereocenters. The standard InChI is InChI=1S/C23H23Br2ClN2O2/c1-23-9-5-4-7-16(23)20(23)22(29)28-27-12-14-10-17(24)21(18(25)11-14)30-13-15-6-2-3-8-19(15)26/h2-3,6,8,10-12,16,20H,4-5,7,9,13H2,1H3,(H,28,29)/b27-12-/t16-,20-,23+/m1/s1. The minimum absolute atomic E-state index is 0.0403. The molecular formula is C23H23Br2ClN2O2. The summed E-state index contributed by atoms with van der Waals surface area (Å²) in [6.07, 6.45) is 6.43. The third-order valence-corrected chi connectivity index (χ3v) is 7.90. The van der Waals surface area contributed by atoms with Crippen LogP contribution in [0.2, 0.25) is 5.02 Å². The Morgan fingerprint density at radius 1 is 1.30 bits per heavy atom. The molecule has 0 bridgehead atoms. The quantitative estimate of drug-likeness (QED) is 0.318. The second-order valence-electron chi connectivity index (χ2n) is 8.26. The van der Waals surface area contributed by atoms with E-state index in [0.717, 1.165) is 32.9 Å². The lowest BCUT2D eigenvalue weighted by Gasteiger charge is -2.15. The first kappa shape index (κ1) is 21.8. The second-order valence-corrected chi connectivity index (χ2v) is 10.4. The van der Waals surface area contributed by atoms with Crippen molar-refractivity contribution in [2.75, 3.05) is 0 Å². The SMILES string of the molecule is C[C@]12CCCC[C@@H]1[C@@H]2C(=O)N/N=C\c1cc(Br)c(OCc2ccccc2Cl)c(Br)c1. The summed E-state index contributed by atoms with van der Waals surface area (Å²) in [7, 11) is 0. The highest BCUT2D eigenvalue weighted by molar-refractivity contribution is 9.11. The van der Waals surface area contributed by atoms with Crippen LogP contribution in [0.1, 0.15) is 43.7 Å². The molecule has 0 aromatic heterocycles. The summed E-state index contributed by atoms with van der Waals surface area (Å²) in [5.74, 6) is 1.36. The zero-order valence-corrected chi connectivity index (χ0v) is 20.6. The fourth-order valence-electron chi connectivity index (χ4n) is 4.65. The Balaban J connectivity index is 1.37. The normalized spacial score (nSPS) is 25.1. The van der Waals surface area contributed by atoms with Crippen molar-refractivity contribution in [3.8, 4) is 5.75 Å². The molecule has 0 saturated heterocycles. The number of hydrazone groups is 1. The predicted octanol–water partition coefficient (Wildman–Crippen LogP) is 6.72. The zero-order chi connectivity index (χ0) is 21.3. The Hall–Kier alpha value is -1.37. The second kappa shape index (κ2) is 9.01. The molecule has 2 aromatic rings. The number of halogens is 3. The summed E-state index contributed by atoms with van der Waals surface area (Å²) < 4.78 is 7.52. The van der Waals surface area contributed by atoms with Gasteiger partial charge in [0.1, 0.15) is 12.4 Å². The summed E-state index contributed by atoms with van der Waals surface area (Å²) in [6, 6.07) is 11.4. The highest BCUT2D eigenvalue weighted by atomic mass is 79.9. The lowest BCUT2D eigenvalue weighted by molar-refractivity contribution is -0.123. The van der Waals surface area contributed by atoms with Gasteiger partial charge in [0.25, 0.3) is 0 Å². The molecule has 0 heterocycles. The molecule has 2 fully saturated rings. The summed E-state index contributed by atoms with van der Waals surface area (Å²) in [5, 5.41) is 4.86.